The largest absolute Gasteiger partial charge is 0.496 e. The van der Waals surface area contributed by atoms with E-state index in [4.69, 9.17) is 16.3 Å². The maximum atomic E-state index is 12.5. The smallest absolute Gasteiger partial charge is 0.256 e. The lowest BCUT2D eigenvalue weighted by Gasteiger charge is -2.05. The third-order valence-electron chi connectivity index (χ3n) is 3.41. The lowest BCUT2D eigenvalue weighted by molar-refractivity contribution is -0.110. The number of ether oxygens (including phenoxy) is 1. The van der Waals surface area contributed by atoms with Gasteiger partial charge < -0.3 is 10.1 Å². The van der Waals surface area contributed by atoms with E-state index in [0.29, 0.717) is 33.2 Å². The van der Waals surface area contributed by atoms with Crippen molar-refractivity contribution in [1.29, 1.82) is 0 Å². The molecule has 3 rings (SSSR count). The predicted molar refractivity (Wildman–Crippen MR) is 85.4 cm³/mol. The fourth-order valence-corrected chi connectivity index (χ4v) is 2.53. The molecule has 1 amide bonds. The summed E-state index contributed by atoms with van der Waals surface area (Å²) in [4.78, 5) is 24.5. The molecule has 5 heteroatoms. The number of carbonyl (C=O) groups excluding carboxylic acids is 2. The first-order chi connectivity index (χ1) is 10.6. The first-order valence-corrected chi connectivity index (χ1v) is 6.98. The van der Waals surface area contributed by atoms with Crippen LogP contribution in [0.3, 0.4) is 0 Å². The number of ketones is 1. The van der Waals surface area contributed by atoms with Gasteiger partial charge in [-0.3, -0.25) is 9.59 Å². The van der Waals surface area contributed by atoms with Gasteiger partial charge in [0.15, 0.2) is 5.78 Å². The molecular formula is C17H12ClNO3. The van der Waals surface area contributed by atoms with Crippen molar-refractivity contribution in [3.63, 3.8) is 0 Å². The van der Waals surface area contributed by atoms with Gasteiger partial charge in [-0.15, -0.1) is 0 Å². The summed E-state index contributed by atoms with van der Waals surface area (Å²) in [5, 5.41) is 3.22. The van der Waals surface area contributed by atoms with Crippen molar-refractivity contribution in [1.82, 2.24) is 0 Å². The van der Waals surface area contributed by atoms with Gasteiger partial charge in [0.25, 0.3) is 5.91 Å². The number of nitrogens with one attached hydrogen (secondary N) is 1. The van der Waals surface area contributed by atoms with Crippen molar-refractivity contribution in [3.05, 3.63) is 64.7 Å². The van der Waals surface area contributed by atoms with Crippen LogP contribution in [0.1, 0.15) is 15.9 Å². The van der Waals surface area contributed by atoms with Crippen LogP contribution in [-0.4, -0.2) is 18.8 Å². The normalized spacial score (nSPS) is 14.6. The van der Waals surface area contributed by atoms with Crippen LogP contribution in [0.2, 0.25) is 5.02 Å². The first-order valence-electron chi connectivity index (χ1n) is 6.60. The average molecular weight is 314 g/mol. The molecule has 22 heavy (non-hydrogen) atoms. The van der Waals surface area contributed by atoms with E-state index in [1.54, 1.807) is 42.5 Å². The van der Waals surface area contributed by atoms with E-state index in [2.05, 4.69) is 5.32 Å². The van der Waals surface area contributed by atoms with Crippen LogP contribution >= 0.6 is 11.6 Å². The standard InChI is InChI=1S/C17H12ClNO3/c1-22-16-5-3-2-4-11(16)15(20)9-13-12-8-10(18)6-7-14(12)19-17(13)21/h2-9H,1H3,(H,19,21)/b13-9-. The molecule has 0 saturated carbocycles. The highest BCUT2D eigenvalue weighted by atomic mass is 35.5. The lowest BCUT2D eigenvalue weighted by Crippen LogP contribution is -2.06. The zero-order valence-electron chi connectivity index (χ0n) is 11.7. The summed E-state index contributed by atoms with van der Waals surface area (Å²) in [5.74, 6) is -0.148. The van der Waals surface area contributed by atoms with E-state index >= 15 is 0 Å². The molecule has 0 bridgehead atoms. The summed E-state index contributed by atoms with van der Waals surface area (Å²) in [7, 11) is 1.50. The Kier molecular flexibility index (Phi) is 3.69. The van der Waals surface area contributed by atoms with Crippen LogP contribution in [0.4, 0.5) is 5.69 Å². The molecule has 0 saturated heterocycles. The van der Waals surface area contributed by atoms with Gasteiger partial charge in [0, 0.05) is 16.3 Å². The molecule has 0 radical (unpaired) electrons. The monoisotopic (exact) mass is 313 g/mol. The molecule has 0 spiro atoms. The van der Waals surface area contributed by atoms with Gasteiger partial charge >= 0.3 is 0 Å². The number of para-hydroxylation sites is 1. The fraction of sp³-hybridized carbons (Fsp3) is 0.0588. The van der Waals surface area contributed by atoms with Crippen LogP contribution in [0.25, 0.3) is 5.57 Å². The highest BCUT2D eigenvalue weighted by Gasteiger charge is 2.25. The Morgan fingerprint density at radius 1 is 1.23 bits per heavy atom. The number of hydrogen-bond donors (Lipinski definition) is 1. The minimum Gasteiger partial charge on any atom is -0.496 e. The Hall–Kier alpha value is -2.59. The fourth-order valence-electron chi connectivity index (χ4n) is 2.36. The molecule has 0 aliphatic carbocycles. The lowest BCUT2D eigenvalue weighted by atomic mass is 10.0. The van der Waals surface area contributed by atoms with Gasteiger partial charge in [0.05, 0.1) is 18.2 Å². The van der Waals surface area contributed by atoms with Gasteiger partial charge in [-0.05, 0) is 36.4 Å². The van der Waals surface area contributed by atoms with Gasteiger partial charge in [0.1, 0.15) is 5.75 Å². The molecule has 110 valence electrons. The number of carbonyl (C=O) groups is 2. The number of anilines is 1. The molecule has 0 unspecified atom stereocenters. The average Bonchev–Trinajstić information content (AvgIpc) is 2.83. The number of halogens is 1. The maximum Gasteiger partial charge on any atom is 0.256 e. The van der Waals surface area contributed by atoms with Crippen LogP contribution in [0.15, 0.2) is 48.5 Å². The first kappa shape index (κ1) is 14.4. The molecule has 0 atom stereocenters. The number of amides is 1. The van der Waals surface area contributed by atoms with Gasteiger partial charge in [-0.25, -0.2) is 0 Å². The van der Waals surface area contributed by atoms with Crippen molar-refractivity contribution in [2.45, 2.75) is 0 Å². The van der Waals surface area contributed by atoms with Crippen LogP contribution in [0.5, 0.6) is 5.75 Å². The molecule has 0 fully saturated rings. The third kappa shape index (κ3) is 2.49. The molecule has 1 aliphatic rings. The predicted octanol–water partition coefficient (Wildman–Crippen LogP) is 3.57. The van der Waals surface area contributed by atoms with E-state index in [1.165, 1.54) is 13.2 Å². The number of methoxy groups -OCH3 is 1. The number of benzene rings is 2. The molecule has 1 N–H and O–H groups in total. The summed E-state index contributed by atoms with van der Waals surface area (Å²) in [6, 6.07) is 11.9. The summed E-state index contributed by atoms with van der Waals surface area (Å²) >= 11 is 5.97. The SMILES string of the molecule is COc1ccccc1C(=O)/C=C1\C(=O)Nc2ccc(Cl)cc21. The molecule has 1 heterocycles. The zero-order chi connectivity index (χ0) is 15.7. The van der Waals surface area contributed by atoms with Gasteiger partial charge in [-0.1, -0.05) is 23.7 Å². The second-order valence-corrected chi connectivity index (χ2v) is 5.20. The Bertz CT molecular complexity index is 811. The number of fused-ring (bicyclic) bond motifs is 1. The van der Waals surface area contributed by atoms with Crippen molar-refractivity contribution >= 4 is 34.6 Å². The van der Waals surface area contributed by atoms with E-state index in [-0.39, 0.29) is 11.7 Å². The Balaban J connectivity index is 2.04. The van der Waals surface area contributed by atoms with Crippen molar-refractivity contribution < 1.29 is 14.3 Å². The van der Waals surface area contributed by atoms with Crippen LogP contribution in [-0.2, 0) is 4.79 Å². The number of hydrogen-bond acceptors (Lipinski definition) is 3. The minimum absolute atomic E-state index is 0.296. The topological polar surface area (TPSA) is 55.4 Å². The summed E-state index contributed by atoms with van der Waals surface area (Å²) < 4.78 is 5.17. The van der Waals surface area contributed by atoms with Gasteiger partial charge in [0.2, 0.25) is 0 Å². The Morgan fingerprint density at radius 2 is 2.00 bits per heavy atom. The maximum absolute atomic E-state index is 12.5. The van der Waals surface area contributed by atoms with E-state index in [1.807, 2.05) is 0 Å². The van der Waals surface area contributed by atoms with Crippen molar-refractivity contribution in [3.8, 4) is 5.75 Å². The molecule has 4 nitrogen and oxygen atoms in total. The molecule has 2 aromatic carbocycles. The number of rotatable bonds is 3. The van der Waals surface area contributed by atoms with Gasteiger partial charge in [-0.2, -0.15) is 0 Å². The molecular weight excluding hydrogens is 302 g/mol. The summed E-state index contributed by atoms with van der Waals surface area (Å²) in [5.41, 5.74) is 1.98. The Labute approximate surface area is 132 Å². The third-order valence-corrected chi connectivity index (χ3v) is 3.65. The summed E-state index contributed by atoms with van der Waals surface area (Å²) in [6.45, 7) is 0. The molecule has 0 aromatic heterocycles. The number of allylic oxidation sites excluding steroid dienone is 1. The Morgan fingerprint density at radius 3 is 2.77 bits per heavy atom. The highest BCUT2D eigenvalue weighted by Crippen LogP contribution is 2.34. The van der Waals surface area contributed by atoms with E-state index < -0.39 is 0 Å². The molecule has 1 aliphatic heterocycles. The molecule has 2 aromatic rings. The highest BCUT2D eigenvalue weighted by molar-refractivity contribution is 6.36. The van der Waals surface area contributed by atoms with E-state index in [0.717, 1.165) is 0 Å². The van der Waals surface area contributed by atoms with Crippen LogP contribution in [0, 0.1) is 0 Å². The second-order valence-electron chi connectivity index (χ2n) is 4.77. The second kappa shape index (κ2) is 5.66. The van der Waals surface area contributed by atoms with Crippen LogP contribution < -0.4 is 10.1 Å². The zero-order valence-corrected chi connectivity index (χ0v) is 12.5. The minimum atomic E-state index is -0.319. The van der Waals surface area contributed by atoms with Crippen molar-refractivity contribution in [2.75, 3.05) is 12.4 Å². The van der Waals surface area contributed by atoms with Crippen molar-refractivity contribution in [2.24, 2.45) is 0 Å². The summed E-state index contributed by atoms with van der Waals surface area (Å²) in [6.07, 6.45) is 1.31. The quantitative estimate of drug-likeness (QED) is 0.696. The van der Waals surface area contributed by atoms with E-state index in [9.17, 15) is 9.59 Å².